The molecule has 6 heteroatoms. The number of carboxylic acids is 1. The highest BCUT2D eigenvalue weighted by molar-refractivity contribution is 7.99. The zero-order chi connectivity index (χ0) is 14.5. The zero-order valence-corrected chi connectivity index (χ0v) is 12.9. The number of aromatic nitrogens is 2. The first-order valence-electron chi connectivity index (χ1n) is 6.62. The van der Waals surface area contributed by atoms with Gasteiger partial charge in [0.15, 0.2) is 5.16 Å². The fraction of sp³-hybridized carbons (Fsp3) is 0.429. The van der Waals surface area contributed by atoms with E-state index in [1.807, 2.05) is 12.1 Å². The number of hydrogen-bond acceptors (Lipinski definition) is 3. The Balaban J connectivity index is 2.32. The Morgan fingerprint density at radius 3 is 2.95 bits per heavy atom. The van der Waals surface area contributed by atoms with Crippen molar-refractivity contribution in [3.05, 3.63) is 23.2 Å². The summed E-state index contributed by atoms with van der Waals surface area (Å²) in [6.07, 6.45) is 3.34. The van der Waals surface area contributed by atoms with E-state index in [1.165, 1.54) is 11.8 Å². The number of fused-ring (bicyclic) bond motifs is 1. The van der Waals surface area contributed by atoms with Crippen molar-refractivity contribution in [1.82, 2.24) is 9.55 Å². The highest BCUT2D eigenvalue weighted by Gasteiger charge is 2.12. The molecule has 2 aromatic rings. The molecule has 1 N–H and O–H groups in total. The molecule has 0 amide bonds. The van der Waals surface area contributed by atoms with Crippen molar-refractivity contribution in [2.24, 2.45) is 0 Å². The Morgan fingerprint density at radius 1 is 1.45 bits per heavy atom. The zero-order valence-electron chi connectivity index (χ0n) is 11.3. The molecule has 2 rings (SSSR count). The highest BCUT2D eigenvalue weighted by atomic mass is 35.5. The van der Waals surface area contributed by atoms with E-state index in [4.69, 9.17) is 16.7 Å². The van der Waals surface area contributed by atoms with Crippen molar-refractivity contribution < 1.29 is 9.90 Å². The number of carbonyl (C=O) groups is 1. The maximum absolute atomic E-state index is 10.7. The van der Waals surface area contributed by atoms with E-state index in [0.29, 0.717) is 5.02 Å². The third-order valence-electron chi connectivity index (χ3n) is 2.99. The predicted molar refractivity (Wildman–Crippen MR) is 82.6 cm³/mol. The summed E-state index contributed by atoms with van der Waals surface area (Å²) in [5.74, 6) is -0.814. The monoisotopic (exact) mass is 312 g/mol. The van der Waals surface area contributed by atoms with Gasteiger partial charge in [-0.2, -0.15) is 0 Å². The van der Waals surface area contributed by atoms with Crippen molar-refractivity contribution in [1.29, 1.82) is 0 Å². The average Bonchev–Trinajstić information content (AvgIpc) is 2.74. The molecule has 4 nitrogen and oxygen atoms in total. The predicted octanol–water partition coefficient (Wildman–Crippen LogP) is 4.06. The fourth-order valence-electron chi connectivity index (χ4n) is 2.05. The first-order valence-corrected chi connectivity index (χ1v) is 7.98. The second-order valence-corrected chi connectivity index (χ2v) is 5.95. The van der Waals surface area contributed by atoms with Gasteiger partial charge >= 0.3 is 5.97 Å². The van der Waals surface area contributed by atoms with E-state index in [9.17, 15) is 4.79 Å². The second-order valence-electron chi connectivity index (χ2n) is 4.57. The number of aryl methyl sites for hydroxylation is 1. The van der Waals surface area contributed by atoms with Gasteiger partial charge in [0.05, 0.1) is 16.8 Å². The normalized spacial score (nSPS) is 11.1. The van der Waals surface area contributed by atoms with E-state index in [0.717, 1.165) is 42.0 Å². The van der Waals surface area contributed by atoms with Gasteiger partial charge in [-0.3, -0.25) is 4.79 Å². The Kier molecular flexibility index (Phi) is 5.31. The minimum atomic E-state index is -0.833. The minimum absolute atomic E-state index is 0.0187. The summed E-state index contributed by atoms with van der Waals surface area (Å²) in [5, 5.41) is 10.2. The quantitative estimate of drug-likeness (QED) is 0.619. The third kappa shape index (κ3) is 3.67. The summed E-state index contributed by atoms with van der Waals surface area (Å²) in [7, 11) is 0. The molecule has 0 aliphatic heterocycles. The maximum atomic E-state index is 10.7. The lowest BCUT2D eigenvalue weighted by Crippen LogP contribution is -2.03. The Morgan fingerprint density at radius 2 is 2.25 bits per heavy atom. The van der Waals surface area contributed by atoms with Gasteiger partial charge in [0.1, 0.15) is 0 Å². The number of nitrogens with zero attached hydrogens (tertiary/aromatic N) is 2. The first-order chi connectivity index (χ1) is 9.61. The molecule has 0 atom stereocenters. The Bertz CT molecular complexity index is 612. The van der Waals surface area contributed by atoms with Crippen LogP contribution in [0, 0.1) is 0 Å². The van der Waals surface area contributed by atoms with E-state index < -0.39 is 5.97 Å². The number of imidazole rings is 1. The first kappa shape index (κ1) is 15.2. The van der Waals surface area contributed by atoms with Crippen LogP contribution in [0.5, 0.6) is 0 Å². The largest absolute Gasteiger partial charge is 0.481 e. The molecule has 0 aliphatic carbocycles. The molecule has 0 saturated heterocycles. The van der Waals surface area contributed by atoms with Crippen LogP contribution in [0.25, 0.3) is 11.0 Å². The van der Waals surface area contributed by atoms with E-state index >= 15 is 0 Å². The van der Waals surface area contributed by atoms with Gasteiger partial charge in [-0.05, 0) is 24.6 Å². The van der Waals surface area contributed by atoms with Gasteiger partial charge in [0.25, 0.3) is 0 Å². The lowest BCUT2D eigenvalue weighted by atomic mass is 10.2. The van der Waals surface area contributed by atoms with Gasteiger partial charge in [-0.25, -0.2) is 4.98 Å². The summed E-state index contributed by atoms with van der Waals surface area (Å²) in [6, 6.07) is 5.57. The molecule has 0 saturated carbocycles. The molecule has 0 radical (unpaired) electrons. The highest BCUT2D eigenvalue weighted by Crippen LogP contribution is 2.26. The number of benzene rings is 1. The van der Waals surface area contributed by atoms with Crippen LogP contribution in [0.3, 0.4) is 0 Å². The Labute approximate surface area is 127 Å². The van der Waals surface area contributed by atoms with Gasteiger partial charge in [-0.1, -0.05) is 43.1 Å². The molecule has 108 valence electrons. The van der Waals surface area contributed by atoms with Crippen molar-refractivity contribution in [2.75, 3.05) is 5.75 Å². The molecule has 20 heavy (non-hydrogen) atoms. The van der Waals surface area contributed by atoms with Crippen LogP contribution in [-0.2, 0) is 11.3 Å². The van der Waals surface area contributed by atoms with E-state index in [-0.39, 0.29) is 5.75 Å². The number of rotatable bonds is 7. The van der Waals surface area contributed by atoms with Crippen LogP contribution in [0.1, 0.15) is 26.2 Å². The van der Waals surface area contributed by atoms with Gasteiger partial charge < -0.3 is 9.67 Å². The van der Waals surface area contributed by atoms with Gasteiger partial charge in [-0.15, -0.1) is 0 Å². The number of carboxylic acid groups (broad SMARTS) is 1. The fourth-order valence-corrected chi connectivity index (χ4v) is 2.97. The van der Waals surface area contributed by atoms with Gasteiger partial charge in [0.2, 0.25) is 0 Å². The van der Waals surface area contributed by atoms with E-state index in [2.05, 4.69) is 16.5 Å². The average molecular weight is 313 g/mol. The third-order valence-corrected chi connectivity index (χ3v) is 4.18. The van der Waals surface area contributed by atoms with Gasteiger partial charge in [0, 0.05) is 11.6 Å². The van der Waals surface area contributed by atoms with Crippen LogP contribution in [0.4, 0.5) is 0 Å². The van der Waals surface area contributed by atoms with E-state index in [1.54, 1.807) is 6.07 Å². The number of unbranched alkanes of at least 4 members (excludes halogenated alkanes) is 2. The molecular weight excluding hydrogens is 296 g/mol. The van der Waals surface area contributed by atoms with Crippen molar-refractivity contribution in [3.63, 3.8) is 0 Å². The SMILES string of the molecule is CCCCCn1c(SCC(=O)O)nc2ccc(Cl)cc21. The summed E-state index contributed by atoms with van der Waals surface area (Å²) in [4.78, 5) is 15.2. The minimum Gasteiger partial charge on any atom is -0.481 e. The molecule has 0 spiro atoms. The summed E-state index contributed by atoms with van der Waals surface area (Å²) >= 11 is 7.30. The molecule has 1 aromatic heterocycles. The van der Waals surface area contributed by atoms with Crippen LogP contribution in [0.2, 0.25) is 5.02 Å². The molecule has 0 fully saturated rings. The van der Waals surface area contributed by atoms with Crippen LogP contribution in [0.15, 0.2) is 23.4 Å². The summed E-state index contributed by atoms with van der Waals surface area (Å²) < 4.78 is 2.07. The molecule has 1 heterocycles. The van der Waals surface area contributed by atoms with Crippen LogP contribution >= 0.6 is 23.4 Å². The lowest BCUT2D eigenvalue weighted by Gasteiger charge is -2.07. The molecule has 1 aromatic carbocycles. The molecule has 0 bridgehead atoms. The molecule has 0 unspecified atom stereocenters. The standard InChI is InChI=1S/C14H17ClN2O2S/c1-2-3-4-7-17-12-8-10(15)5-6-11(12)16-14(17)20-9-13(18)19/h5-6,8H,2-4,7,9H2,1H3,(H,18,19). The number of hydrogen-bond donors (Lipinski definition) is 1. The van der Waals surface area contributed by atoms with Crippen LogP contribution < -0.4 is 0 Å². The maximum Gasteiger partial charge on any atom is 0.313 e. The number of halogens is 1. The van der Waals surface area contributed by atoms with Crippen molar-refractivity contribution in [3.8, 4) is 0 Å². The topological polar surface area (TPSA) is 55.1 Å². The Hall–Kier alpha value is -1.20. The number of thioether (sulfide) groups is 1. The lowest BCUT2D eigenvalue weighted by molar-refractivity contribution is -0.133. The van der Waals surface area contributed by atoms with Crippen molar-refractivity contribution >= 4 is 40.4 Å². The van der Waals surface area contributed by atoms with Crippen LogP contribution in [-0.4, -0.2) is 26.4 Å². The second kappa shape index (κ2) is 6.99. The summed E-state index contributed by atoms with van der Waals surface area (Å²) in [6.45, 7) is 3.00. The smallest absolute Gasteiger partial charge is 0.313 e. The number of aliphatic carboxylic acids is 1. The van der Waals surface area contributed by atoms with Crippen molar-refractivity contribution in [2.45, 2.75) is 37.9 Å². The molecule has 0 aliphatic rings. The molecular formula is C14H17ClN2O2S. The summed E-state index contributed by atoms with van der Waals surface area (Å²) in [5.41, 5.74) is 1.83.